The van der Waals surface area contributed by atoms with Crippen molar-refractivity contribution in [2.45, 2.75) is 51.7 Å². The summed E-state index contributed by atoms with van der Waals surface area (Å²) in [6.45, 7) is 4.40. The highest BCUT2D eigenvalue weighted by Crippen LogP contribution is 2.21. The highest BCUT2D eigenvalue weighted by Gasteiger charge is 2.18. The van der Waals surface area contributed by atoms with E-state index in [1.807, 2.05) is 0 Å². The number of aromatic amines is 1. The first kappa shape index (κ1) is 15.9. The van der Waals surface area contributed by atoms with Gasteiger partial charge in [-0.05, 0) is 25.7 Å². The summed E-state index contributed by atoms with van der Waals surface area (Å²) in [7, 11) is 0. The molecule has 3 rings (SSSR count). The summed E-state index contributed by atoms with van der Waals surface area (Å²) in [5, 5.41) is 3.27. The lowest BCUT2D eigenvalue weighted by atomic mass is 10.2. The molecule has 0 saturated carbocycles. The maximum absolute atomic E-state index is 12.2. The molecule has 0 aliphatic carbocycles. The van der Waals surface area contributed by atoms with Crippen LogP contribution in [0.3, 0.4) is 0 Å². The van der Waals surface area contributed by atoms with Crippen LogP contribution in [-0.4, -0.2) is 33.8 Å². The lowest BCUT2D eigenvalue weighted by Crippen LogP contribution is -2.20. The summed E-state index contributed by atoms with van der Waals surface area (Å²) in [5.41, 5.74) is 7.68. The number of nitrogens with two attached hydrogens (primary N) is 1. The van der Waals surface area contributed by atoms with Crippen LogP contribution in [0.5, 0.6) is 0 Å². The molecule has 3 heterocycles. The van der Waals surface area contributed by atoms with Crippen LogP contribution in [0, 0.1) is 0 Å². The number of ether oxygens (including phenoxy) is 1. The smallest absolute Gasteiger partial charge is 0.327 e. The molecule has 0 aromatic carbocycles. The molecule has 1 saturated heterocycles. The Balaban J connectivity index is 1.83. The normalized spacial score (nSPS) is 17.9. The first-order chi connectivity index (χ1) is 11.2. The highest BCUT2D eigenvalue weighted by molar-refractivity contribution is 5.86. The molecular formula is C16H25N5O2. The number of aromatic nitrogens is 3. The Kier molecular flexibility index (Phi) is 4.85. The molecule has 0 radical (unpaired) electrons. The summed E-state index contributed by atoms with van der Waals surface area (Å²) >= 11 is 0. The minimum atomic E-state index is -0.164. The molecule has 1 atom stereocenters. The first-order valence-electron chi connectivity index (χ1n) is 8.43. The lowest BCUT2D eigenvalue weighted by Gasteiger charge is -2.10. The predicted molar refractivity (Wildman–Crippen MR) is 91.8 cm³/mol. The molecule has 126 valence electrons. The summed E-state index contributed by atoms with van der Waals surface area (Å²) in [6, 6.07) is 1.78. The van der Waals surface area contributed by atoms with Crippen molar-refractivity contribution in [3.05, 3.63) is 16.6 Å². The third kappa shape index (κ3) is 3.50. The number of imidazole rings is 1. The Hall–Kier alpha value is -2.02. The highest BCUT2D eigenvalue weighted by atomic mass is 16.5. The standard InChI is InChI=1S/C16H25N5O2/c1-2-3-7-18-13-10-12(17)14-15(19-13)21(16(22)20-14)8-6-11-5-4-9-23-11/h10-11H,2-9H2,1H3,(H,20,22)(H3,17,18,19). The molecule has 4 N–H and O–H groups in total. The maximum Gasteiger partial charge on any atom is 0.327 e. The summed E-state index contributed by atoms with van der Waals surface area (Å²) < 4.78 is 7.30. The monoisotopic (exact) mass is 319 g/mol. The van der Waals surface area contributed by atoms with Crippen LogP contribution in [-0.2, 0) is 11.3 Å². The first-order valence-corrected chi connectivity index (χ1v) is 8.43. The maximum atomic E-state index is 12.2. The van der Waals surface area contributed by atoms with E-state index in [4.69, 9.17) is 10.5 Å². The number of fused-ring (bicyclic) bond motifs is 1. The van der Waals surface area contributed by atoms with Gasteiger partial charge in [0.15, 0.2) is 5.65 Å². The van der Waals surface area contributed by atoms with Gasteiger partial charge >= 0.3 is 5.69 Å². The van der Waals surface area contributed by atoms with Gasteiger partial charge in [-0.2, -0.15) is 0 Å². The number of unbranched alkanes of at least 4 members (excludes halogenated alkanes) is 1. The molecule has 1 unspecified atom stereocenters. The van der Waals surface area contributed by atoms with E-state index >= 15 is 0 Å². The van der Waals surface area contributed by atoms with Crippen LogP contribution in [0.25, 0.3) is 11.2 Å². The number of nitrogen functional groups attached to an aromatic ring is 1. The molecule has 0 amide bonds. The minimum absolute atomic E-state index is 0.164. The summed E-state index contributed by atoms with van der Waals surface area (Å²) in [6.07, 6.45) is 5.41. The third-order valence-electron chi connectivity index (χ3n) is 4.30. The molecule has 1 fully saturated rings. The zero-order valence-corrected chi connectivity index (χ0v) is 13.6. The topological polar surface area (TPSA) is 98.0 Å². The molecule has 7 heteroatoms. The van der Waals surface area contributed by atoms with E-state index in [-0.39, 0.29) is 11.8 Å². The Bertz CT molecular complexity index is 715. The van der Waals surface area contributed by atoms with Crippen molar-refractivity contribution in [1.29, 1.82) is 0 Å². The van der Waals surface area contributed by atoms with E-state index < -0.39 is 0 Å². The van der Waals surface area contributed by atoms with Crippen LogP contribution in [0.4, 0.5) is 11.5 Å². The van der Waals surface area contributed by atoms with E-state index in [0.717, 1.165) is 45.3 Å². The van der Waals surface area contributed by atoms with Gasteiger partial charge in [-0.1, -0.05) is 13.3 Å². The fourth-order valence-electron chi connectivity index (χ4n) is 2.98. The van der Waals surface area contributed by atoms with E-state index in [1.54, 1.807) is 10.6 Å². The average Bonchev–Trinajstić information content (AvgIpc) is 3.14. The van der Waals surface area contributed by atoms with Crippen molar-refractivity contribution >= 4 is 22.7 Å². The van der Waals surface area contributed by atoms with Gasteiger partial charge in [-0.25, -0.2) is 9.78 Å². The Morgan fingerprint density at radius 2 is 2.43 bits per heavy atom. The van der Waals surface area contributed by atoms with Crippen molar-refractivity contribution in [1.82, 2.24) is 14.5 Å². The second kappa shape index (κ2) is 7.04. The van der Waals surface area contributed by atoms with Gasteiger partial charge in [0.05, 0.1) is 11.8 Å². The van der Waals surface area contributed by atoms with Crippen molar-refractivity contribution in [2.75, 3.05) is 24.2 Å². The Morgan fingerprint density at radius 3 is 3.17 bits per heavy atom. The van der Waals surface area contributed by atoms with Gasteiger partial charge in [-0.15, -0.1) is 0 Å². The molecule has 23 heavy (non-hydrogen) atoms. The minimum Gasteiger partial charge on any atom is -0.397 e. The van der Waals surface area contributed by atoms with Crippen LogP contribution in [0.1, 0.15) is 39.0 Å². The van der Waals surface area contributed by atoms with Gasteiger partial charge in [0.25, 0.3) is 0 Å². The third-order valence-corrected chi connectivity index (χ3v) is 4.30. The molecular weight excluding hydrogens is 294 g/mol. The molecule has 0 bridgehead atoms. The number of nitrogens with one attached hydrogen (secondary N) is 2. The largest absolute Gasteiger partial charge is 0.397 e. The van der Waals surface area contributed by atoms with Gasteiger partial charge in [0.1, 0.15) is 11.3 Å². The zero-order chi connectivity index (χ0) is 16.2. The summed E-state index contributed by atoms with van der Waals surface area (Å²) in [5.74, 6) is 0.716. The number of H-pyrrole nitrogens is 1. The van der Waals surface area contributed by atoms with Crippen LogP contribution >= 0.6 is 0 Å². The number of hydrogen-bond donors (Lipinski definition) is 3. The van der Waals surface area contributed by atoms with Crippen molar-refractivity contribution in [2.24, 2.45) is 0 Å². The van der Waals surface area contributed by atoms with Crippen LogP contribution in [0.2, 0.25) is 0 Å². The number of aryl methyl sites for hydroxylation is 1. The van der Waals surface area contributed by atoms with Crippen LogP contribution in [0.15, 0.2) is 10.9 Å². The molecule has 1 aliphatic heterocycles. The number of nitrogens with zero attached hydrogens (tertiary/aromatic N) is 2. The second-order valence-electron chi connectivity index (χ2n) is 6.08. The summed E-state index contributed by atoms with van der Waals surface area (Å²) in [4.78, 5) is 19.6. The molecule has 2 aromatic rings. The van der Waals surface area contributed by atoms with Gasteiger partial charge in [-0.3, -0.25) is 4.57 Å². The Morgan fingerprint density at radius 1 is 1.57 bits per heavy atom. The van der Waals surface area contributed by atoms with Gasteiger partial charge in [0.2, 0.25) is 0 Å². The van der Waals surface area contributed by atoms with E-state index in [1.165, 1.54) is 0 Å². The van der Waals surface area contributed by atoms with Crippen LogP contribution < -0.4 is 16.7 Å². The van der Waals surface area contributed by atoms with Gasteiger partial charge < -0.3 is 20.8 Å². The van der Waals surface area contributed by atoms with Crippen molar-refractivity contribution < 1.29 is 4.74 Å². The van der Waals surface area contributed by atoms with Crippen molar-refractivity contribution in [3.63, 3.8) is 0 Å². The second-order valence-corrected chi connectivity index (χ2v) is 6.08. The quantitative estimate of drug-likeness (QED) is 0.679. The number of rotatable bonds is 7. The molecule has 2 aromatic heterocycles. The fourth-order valence-corrected chi connectivity index (χ4v) is 2.98. The predicted octanol–water partition coefficient (Wildman–Crippen LogP) is 2.09. The average molecular weight is 319 g/mol. The number of hydrogen-bond acceptors (Lipinski definition) is 5. The Labute approximate surface area is 135 Å². The molecule has 1 aliphatic rings. The molecule has 7 nitrogen and oxygen atoms in total. The molecule has 0 spiro atoms. The number of pyridine rings is 1. The van der Waals surface area contributed by atoms with E-state index in [9.17, 15) is 4.79 Å². The zero-order valence-electron chi connectivity index (χ0n) is 13.6. The van der Waals surface area contributed by atoms with Crippen molar-refractivity contribution in [3.8, 4) is 0 Å². The number of anilines is 2. The van der Waals surface area contributed by atoms with E-state index in [0.29, 0.717) is 29.2 Å². The lowest BCUT2D eigenvalue weighted by molar-refractivity contribution is 0.100. The van der Waals surface area contributed by atoms with Gasteiger partial charge in [0, 0.05) is 25.8 Å². The SMILES string of the molecule is CCCCNc1cc(N)c2[nH]c(=O)n(CCC3CCCO3)c2n1. The van der Waals surface area contributed by atoms with E-state index in [2.05, 4.69) is 22.2 Å². The fraction of sp³-hybridized carbons (Fsp3) is 0.625.